The van der Waals surface area contributed by atoms with Gasteiger partial charge in [-0.1, -0.05) is 12.1 Å². The molecule has 0 saturated carbocycles. The van der Waals surface area contributed by atoms with Crippen molar-refractivity contribution < 1.29 is 4.52 Å². The molecule has 0 spiro atoms. The normalized spacial score (nSPS) is 16.1. The Morgan fingerprint density at radius 1 is 0.957 bits per heavy atom. The first-order valence-corrected chi connectivity index (χ1v) is 8.17. The molecule has 0 radical (unpaired) electrons. The zero-order valence-electron chi connectivity index (χ0n) is 14.3. The third-order valence-corrected chi connectivity index (χ3v) is 4.26. The number of hydrogen-bond acceptors (Lipinski definition) is 7. The fourth-order valence-corrected chi connectivity index (χ4v) is 3.11. The fraction of sp³-hybridized carbons (Fsp3) is 0.625. The number of rotatable bonds is 4. The first-order valence-electron chi connectivity index (χ1n) is 8.17. The average molecular weight is 316 g/mol. The molecule has 7 heteroatoms. The van der Waals surface area contributed by atoms with E-state index in [0.29, 0.717) is 11.7 Å². The first kappa shape index (κ1) is 15.9. The Morgan fingerprint density at radius 2 is 1.70 bits per heavy atom. The van der Waals surface area contributed by atoms with Crippen LogP contribution in [-0.4, -0.2) is 51.2 Å². The summed E-state index contributed by atoms with van der Waals surface area (Å²) in [5, 5.41) is 3.85. The monoisotopic (exact) mass is 316 g/mol. The molecule has 0 aromatic carbocycles. The van der Waals surface area contributed by atoms with Crippen LogP contribution in [0.5, 0.6) is 0 Å². The summed E-state index contributed by atoms with van der Waals surface area (Å²) in [5.74, 6) is 3.33. The van der Waals surface area contributed by atoms with E-state index in [0.717, 1.165) is 56.5 Å². The number of aryl methyl sites for hydroxylation is 3. The molecule has 1 aliphatic rings. The van der Waals surface area contributed by atoms with Gasteiger partial charge in [0.05, 0.1) is 6.54 Å². The van der Waals surface area contributed by atoms with Gasteiger partial charge in [-0.25, -0.2) is 9.97 Å². The van der Waals surface area contributed by atoms with E-state index < -0.39 is 0 Å². The molecular weight excluding hydrogens is 292 g/mol. The molecule has 1 saturated heterocycles. The maximum atomic E-state index is 5.21. The van der Waals surface area contributed by atoms with Gasteiger partial charge < -0.3 is 9.42 Å². The molecule has 1 fully saturated rings. The lowest BCUT2D eigenvalue weighted by molar-refractivity contribution is 0.215. The van der Waals surface area contributed by atoms with Crippen molar-refractivity contribution in [1.29, 1.82) is 0 Å². The number of nitrogens with zero attached hydrogens (tertiary/aromatic N) is 6. The van der Waals surface area contributed by atoms with E-state index in [9.17, 15) is 0 Å². The van der Waals surface area contributed by atoms with Crippen LogP contribution in [0.15, 0.2) is 4.52 Å². The van der Waals surface area contributed by atoms with Gasteiger partial charge in [0.2, 0.25) is 5.89 Å². The van der Waals surface area contributed by atoms with Gasteiger partial charge in [0.1, 0.15) is 11.6 Å². The molecule has 23 heavy (non-hydrogen) atoms. The molecule has 0 unspecified atom stereocenters. The fourth-order valence-electron chi connectivity index (χ4n) is 3.11. The van der Waals surface area contributed by atoms with Gasteiger partial charge >= 0.3 is 0 Å². The maximum Gasteiger partial charge on any atom is 0.240 e. The maximum absolute atomic E-state index is 5.21. The van der Waals surface area contributed by atoms with Crippen molar-refractivity contribution in [3.05, 3.63) is 28.8 Å². The lowest BCUT2D eigenvalue weighted by Crippen LogP contribution is -2.46. The Hall–Kier alpha value is -2.02. The summed E-state index contributed by atoms with van der Waals surface area (Å²) in [5.41, 5.74) is 2.36. The molecule has 2 aromatic heterocycles. The van der Waals surface area contributed by atoms with Crippen LogP contribution >= 0.6 is 0 Å². The van der Waals surface area contributed by atoms with Gasteiger partial charge in [0, 0.05) is 37.4 Å². The Labute approximate surface area is 136 Å². The van der Waals surface area contributed by atoms with E-state index >= 15 is 0 Å². The lowest BCUT2D eigenvalue weighted by atomic mass is 10.1. The molecular formula is C16H24N6O. The molecule has 0 N–H and O–H groups in total. The molecule has 3 heterocycles. The summed E-state index contributed by atoms with van der Waals surface area (Å²) in [7, 11) is 0. The highest BCUT2D eigenvalue weighted by Crippen LogP contribution is 2.23. The van der Waals surface area contributed by atoms with Crippen LogP contribution in [0.4, 0.5) is 5.82 Å². The van der Waals surface area contributed by atoms with E-state index in [2.05, 4.69) is 38.8 Å². The highest BCUT2D eigenvalue weighted by atomic mass is 16.5. The van der Waals surface area contributed by atoms with E-state index in [1.807, 2.05) is 13.8 Å². The molecule has 3 rings (SSSR count). The lowest BCUT2D eigenvalue weighted by Gasteiger charge is -2.35. The zero-order valence-corrected chi connectivity index (χ0v) is 14.3. The van der Waals surface area contributed by atoms with E-state index in [4.69, 9.17) is 9.51 Å². The van der Waals surface area contributed by atoms with Gasteiger partial charge in [-0.05, 0) is 27.2 Å². The molecule has 0 amide bonds. The molecule has 0 aliphatic carbocycles. The minimum atomic E-state index is 0.693. The topological polar surface area (TPSA) is 71.2 Å². The van der Waals surface area contributed by atoms with E-state index in [1.165, 1.54) is 5.56 Å². The van der Waals surface area contributed by atoms with Crippen LogP contribution in [-0.2, 0) is 13.0 Å². The third-order valence-electron chi connectivity index (χ3n) is 4.26. The predicted octanol–water partition coefficient (Wildman–Crippen LogP) is 1.67. The Morgan fingerprint density at radius 3 is 2.30 bits per heavy atom. The standard InChI is InChI=1S/C16H24N6O/c1-5-14-11(2)17-12(3)19-16(14)22-8-6-21(7-9-22)10-15-18-13(4)20-23-15/h5-10H2,1-4H3. The summed E-state index contributed by atoms with van der Waals surface area (Å²) >= 11 is 0. The van der Waals surface area contributed by atoms with Crippen LogP contribution < -0.4 is 4.90 Å². The van der Waals surface area contributed by atoms with Gasteiger partial charge in [0.15, 0.2) is 5.82 Å². The van der Waals surface area contributed by atoms with Gasteiger partial charge in [-0.15, -0.1) is 0 Å². The SMILES string of the molecule is CCc1c(C)nc(C)nc1N1CCN(Cc2nc(C)no2)CC1. The van der Waals surface area contributed by atoms with Crippen molar-refractivity contribution in [2.45, 2.75) is 40.7 Å². The summed E-state index contributed by atoms with van der Waals surface area (Å²) in [6.45, 7) is 12.6. The van der Waals surface area contributed by atoms with E-state index in [1.54, 1.807) is 0 Å². The summed E-state index contributed by atoms with van der Waals surface area (Å²) in [6, 6.07) is 0. The quantitative estimate of drug-likeness (QED) is 0.849. The second kappa shape index (κ2) is 6.62. The molecule has 7 nitrogen and oxygen atoms in total. The molecule has 1 aliphatic heterocycles. The van der Waals surface area contributed by atoms with Crippen molar-refractivity contribution in [3.63, 3.8) is 0 Å². The molecule has 0 atom stereocenters. The van der Waals surface area contributed by atoms with Crippen molar-refractivity contribution >= 4 is 5.82 Å². The van der Waals surface area contributed by atoms with Crippen molar-refractivity contribution in [1.82, 2.24) is 25.0 Å². The first-order chi connectivity index (χ1) is 11.1. The number of piperazine rings is 1. The number of aromatic nitrogens is 4. The van der Waals surface area contributed by atoms with Crippen LogP contribution in [0.3, 0.4) is 0 Å². The highest BCUT2D eigenvalue weighted by molar-refractivity contribution is 5.49. The Balaban J connectivity index is 1.67. The average Bonchev–Trinajstić information content (AvgIpc) is 2.92. The third kappa shape index (κ3) is 3.50. The largest absolute Gasteiger partial charge is 0.354 e. The van der Waals surface area contributed by atoms with Crippen molar-refractivity contribution in [3.8, 4) is 0 Å². The summed E-state index contributed by atoms with van der Waals surface area (Å²) in [4.78, 5) is 18.2. The minimum Gasteiger partial charge on any atom is -0.354 e. The van der Waals surface area contributed by atoms with Crippen LogP contribution in [0.25, 0.3) is 0 Å². The van der Waals surface area contributed by atoms with Crippen molar-refractivity contribution in [2.24, 2.45) is 0 Å². The summed E-state index contributed by atoms with van der Waals surface area (Å²) < 4.78 is 5.21. The minimum absolute atomic E-state index is 0.693. The number of anilines is 1. The molecule has 124 valence electrons. The molecule has 0 bridgehead atoms. The van der Waals surface area contributed by atoms with E-state index in [-0.39, 0.29) is 0 Å². The number of hydrogen-bond donors (Lipinski definition) is 0. The Bertz CT molecular complexity index is 675. The van der Waals surface area contributed by atoms with Gasteiger partial charge in [-0.3, -0.25) is 4.90 Å². The zero-order chi connectivity index (χ0) is 16.4. The second-order valence-electron chi connectivity index (χ2n) is 6.01. The second-order valence-corrected chi connectivity index (χ2v) is 6.01. The van der Waals surface area contributed by atoms with Crippen LogP contribution in [0, 0.1) is 20.8 Å². The Kier molecular flexibility index (Phi) is 4.56. The summed E-state index contributed by atoms with van der Waals surface area (Å²) in [6.07, 6.45) is 0.961. The van der Waals surface area contributed by atoms with Crippen molar-refractivity contribution in [2.75, 3.05) is 31.1 Å². The van der Waals surface area contributed by atoms with Crippen LogP contribution in [0.2, 0.25) is 0 Å². The molecule has 2 aromatic rings. The highest BCUT2D eigenvalue weighted by Gasteiger charge is 2.22. The van der Waals surface area contributed by atoms with Gasteiger partial charge in [0.25, 0.3) is 0 Å². The van der Waals surface area contributed by atoms with Crippen LogP contribution in [0.1, 0.15) is 35.7 Å². The smallest absolute Gasteiger partial charge is 0.240 e. The van der Waals surface area contributed by atoms with Gasteiger partial charge in [-0.2, -0.15) is 4.98 Å². The predicted molar refractivity (Wildman–Crippen MR) is 87.4 cm³/mol.